The molecule has 4 nitrogen and oxygen atoms in total. The van der Waals surface area contributed by atoms with E-state index in [1.165, 1.54) is 0 Å². The lowest BCUT2D eigenvalue weighted by Gasteiger charge is -2.29. The van der Waals surface area contributed by atoms with Gasteiger partial charge in [-0.3, -0.25) is 0 Å². The number of piperidine rings is 1. The van der Waals surface area contributed by atoms with E-state index in [1.807, 2.05) is 16.5 Å². The molecule has 0 spiro atoms. The summed E-state index contributed by atoms with van der Waals surface area (Å²) in [6.07, 6.45) is 3.64. The number of urea groups is 1. The van der Waals surface area contributed by atoms with Crippen LogP contribution >= 0.6 is 22.9 Å². The van der Waals surface area contributed by atoms with Crippen LogP contribution in [0.1, 0.15) is 17.8 Å². The molecular weight excluding hydrogens is 281 g/mol. The summed E-state index contributed by atoms with van der Waals surface area (Å²) in [6, 6.07) is 0.00497. The second-order valence-electron chi connectivity index (χ2n) is 3.81. The van der Waals surface area contributed by atoms with E-state index in [0.717, 1.165) is 30.9 Å². The van der Waals surface area contributed by atoms with Gasteiger partial charge in [0, 0.05) is 18.5 Å². The highest BCUT2D eigenvalue weighted by molar-refractivity contribution is 7.09. The molecule has 2 rings (SSSR count). The number of nitrogens with zero attached hydrogens (tertiary/aromatic N) is 1. The molecule has 1 saturated heterocycles. The molecule has 1 aromatic rings. The molecule has 2 N–H and O–H groups in total. The van der Waals surface area contributed by atoms with E-state index in [9.17, 15) is 4.79 Å². The Balaban J connectivity index is 0.00000144. The summed E-state index contributed by atoms with van der Waals surface area (Å²) in [5.74, 6) is 0. The van der Waals surface area contributed by atoms with Crippen molar-refractivity contribution in [2.24, 2.45) is 0 Å². The Bertz CT molecular complexity index is 339. The number of H-pyrrole nitrogens is 1. The predicted molar refractivity (Wildman–Crippen MR) is 63.6 cm³/mol. The van der Waals surface area contributed by atoms with Gasteiger partial charge in [-0.1, -0.05) is 11.3 Å². The van der Waals surface area contributed by atoms with Gasteiger partial charge in [-0.2, -0.15) is 0 Å². The first kappa shape index (κ1) is 14.5. The number of thiazole rings is 1. The van der Waals surface area contributed by atoms with Crippen LogP contribution in [0.2, 0.25) is 0 Å². The van der Waals surface area contributed by atoms with Crippen LogP contribution in [0.3, 0.4) is 0 Å². The van der Waals surface area contributed by atoms with Crippen LogP contribution in [0.15, 0.2) is 11.6 Å². The average molecular weight is 296 g/mol. The molecule has 1 aliphatic rings. The number of rotatable bonds is 2. The fraction of sp³-hybridized carbons (Fsp3) is 0.600. The van der Waals surface area contributed by atoms with Gasteiger partial charge in [0.25, 0.3) is 5.01 Å². The van der Waals surface area contributed by atoms with Gasteiger partial charge in [-0.15, -0.1) is 11.6 Å². The Morgan fingerprint density at radius 3 is 2.88 bits per heavy atom. The van der Waals surface area contributed by atoms with Gasteiger partial charge in [-0.05, 0) is 12.8 Å². The number of hydrogen-bond acceptors (Lipinski definition) is 2. The molecule has 0 unspecified atom stereocenters. The first-order valence-corrected chi connectivity index (χ1v) is 6.68. The number of aromatic nitrogens is 1. The van der Waals surface area contributed by atoms with E-state index >= 15 is 0 Å². The maximum atomic E-state index is 11.8. The van der Waals surface area contributed by atoms with Crippen molar-refractivity contribution >= 4 is 29.0 Å². The molecule has 0 saturated carbocycles. The highest BCUT2D eigenvalue weighted by Crippen LogP contribution is 2.15. The minimum atomic E-state index is 0. The summed E-state index contributed by atoms with van der Waals surface area (Å²) in [7, 11) is 0. The molecule has 17 heavy (non-hydrogen) atoms. The SMILES string of the molecule is O=C(NCc1[nH+]ccs1)N1CCC(Cl)CC1.[Cl-]. The lowest BCUT2D eigenvalue weighted by atomic mass is 10.1. The number of aromatic amines is 1. The zero-order valence-corrected chi connectivity index (χ0v) is 11.6. The van der Waals surface area contributed by atoms with Crippen LogP contribution < -0.4 is 22.7 Å². The standard InChI is InChI=1S/C10H14ClN3OS.ClH/c11-8-1-4-14(5-2-8)10(15)13-7-9-12-3-6-16-9;/h3,6,8H,1-2,4-5,7H2,(H,13,15);1H. The monoisotopic (exact) mass is 295 g/mol. The third kappa shape index (κ3) is 4.33. The highest BCUT2D eigenvalue weighted by Gasteiger charge is 2.21. The summed E-state index contributed by atoms with van der Waals surface area (Å²) in [4.78, 5) is 16.7. The third-order valence-corrected chi connectivity index (χ3v) is 3.89. The summed E-state index contributed by atoms with van der Waals surface area (Å²) < 4.78 is 0. The van der Waals surface area contributed by atoms with Crippen molar-refractivity contribution in [1.82, 2.24) is 10.2 Å². The molecule has 0 aromatic carbocycles. The molecule has 0 radical (unpaired) electrons. The van der Waals surface area contributed by atoms with Crippen molar-refractivity contribution in [3.63, 3.8) is 0 Å². The number of halogens is 2. The van der Waals surface area contributed by atoms with Crippen LogP contribution in [0.4, 0.5) is 4.79 Å². The molecule has 0 aliphatic carbocycles. The number of nitrogens with one attached hydrogen (secondary N) is 2. The van der Waals surface area contributed by atoms with Gasteiger partial charge in [0.15, 0.2) is 6.20 Å². The molecule has 1 aliphatic heterocycles. The van der Waals surface area contributed by atoms with Crippen molar-refractivity contribution < 1.29 is 22.2 Å². The molecule has 0 atom stereocenters. The van der Waals surface area contributed by atoms with Crippen LogP contribution in [0.25, 0.3) is 0 Å². The predicted octanol–water partition coefficient (Wildman–Crippen LogP) is -1.52. The van der Waals surface area contributed by atoms with Gasteiger partial charge >= 0.3 is 6.03 Å². The second kappa shape index (κ2) is 7.03. The summed E-state index contributed by atoms with van der Waals surface area (Å²) in [5.41, 5.74) is 0. The largest absolute Gasteiger partial charge is 1.00 e. The molecule has 1 aromatic heterocycles. The Morgan fingerprint density at radius 2 is 2.29 bits per heavy atom. The molecule has 1 fully saturated rings. The van der Waals surface area contributed by atoms with Crippen LogP contribution in [-0.2, 0) is 6.54 Å². The fourth-order valence-electron chi connectivity index (χ4n) is 1.69. The fourth-order valence-corrected chi connectivity index (χ4v) is 2.48. The first-order chi connectivity index (χ1) is 7.75. The number of likely N-dealkylation sites (tertiary alicyclic amines) is 1. The molecular formula is C10H15Cl2N3OS. The van der Waals surface area contributed by atoms with Crippen molar-refractivity contribution in [2.75, 3.05) is 13.1 Å². The first-order valence-electron chi connectivity index (χ1n) is 5.36. The molecule has 96 valence electrons. The normalized spacial score (nSPS) is 16.4. The molecule has 0 bridgehead atoms. The number of alkyl halides is 1. The van der Waals surface area contributed by atoms with Crippen LogP contribution in [-0.4, -0.2) is 29.4 Å². The molecule has 2 amide bonds. The summed E-state index contributed by atoms with van der Waals surface area (Å²) >= 11 is 7.59. The summed E-state index contributed by atoms with van der Waals surface area (Å²) in [5, 5.41) is 6.14. The van der Waals surface area contributed by atoms with E-state index < -0.39 is 0 Å². The lowest BCUT2D eigenvalue weighted by molar-refractivity contribution is -0.382. The van der Waals surface area contributed by atoms with E-state index in [4.69, 9.17) is 11.6 Å². The van der Waals surface area contributed by atoms with Crippen molar-refractivity contribution in [2.45, 2.75) is 24.8 Å². The van der Waals surface area contributed by atoms with Crippen LogP contribution in [0, 0.1) is 0 Å². The van der Waals surface area contributed by atoms with E-state index in [-0.39, 0.29) is 23.8 Å². The highest BCUT2D eigenvalue weighted by atomic mass is 35.5. The molecule has 7 heteroatoms. The Kier molecular flexibility index (Phi) is 6.02. The number of hydrogen-bond donors (Lipinski definition) is 1. The number of amides is 2. The zero-order valence-electron chi connectivity index (χ0n) is 9.29. The number of carbonyl (C=O) groups excluding carboxylic acids is 1. The van der Waals surface area contributed by atoms with Gasteiger partial charge in [0.2, 0.25) is 0 Å². The summed E-state index contributed by atoms with van der Waals surface area (Å²) in [6.45, 7) is 2.08. The third-order valence-electron chi connectivity index (χ3n) is 2.63. The Hall–Kier alpha value is -0.520. The topological polar surface area (TPSA) is 46.5 Å². The average Bonchev–Trinajstić information content (AvgIpc) is 2.80. The van der Waals surface area contributed by atoms with Gasteiger partial charge in [0.05, 0.1) is 5.38 Å². The minimum absolute atomic E-state index is 0. The van der Waals surface area contributed by atoms with E-state index in [0.29, 0.717) is 6.54 Å². The Morgan fingerprint density at radius 1 is 1.59 bits per heavy atom. The Labute approximate surface area is 116 Å². The van der Waals surface area contributed by atoms with Crippen molar-refractivity contribution in [3.8, 4) is 0 Å². The van der Waals surface area contributed by atoms with Crippen LogP contribution in [0.5, 0.6) is 0 Å². The van der Waals surface area contributed by atoms with Gasteiger partial charge in [0.1, 0.15) is 6.54 Å². The quantitative estimate of drug-likeness (QED) is 0.662. The lowest BCUT2D eigenvalue weighted by Crippen LogP contribution is -3.00. The van der Waals surface area contributed by atoms with Crippen molar-refractivity contribution in [1.29, 1.82) is 0 Å². The maximum Gasteiger partial charge on any atom is 0.317 e. The van der Waals surface area contributed by atoms with Gasteiger partial charge in [-0.25, -0.2) is 9.78 Å². The van der Waals surface area contributed by atoms with E-state index in [2.05, 4.69) is 10.3 Å². The minimum Gasteiger partial charge on any atom is -1.00 e. The van der Waals surface area contributed by atoms with Gasteiger partial charge < -0.3 is 22.6 Å². The second-order valence-corrected chi connectivity index (χ2v) is 5.43. The maximum absolute atomic E-state index is 11.8. The smallest absolute Gasteiger partial charge is 0.317 e. The van der Waals surface area contributed by atoms with Crippen molar-refractivity contribution in [3.05, 3.63) is 16.6 Å². The van der Waals surface area contributed by atoms with E-state index in [1.54, 1.807) is 11.3 Å². The molecule has 2 heterocycles. The zero-order chi connectivity index (χ0) is 11.4. The number of carbonyl (C=O) groups is 1.